The van der Waals surface area contributed by atoms with Gasteiger partial charge in [-0.25, -0.2) is 19.9 Å². The first-order valence-corrected chi connectivity index (χ1v) is 44.9. The SMILES string of the molecule is c1ccc(-c2ccc(OC3Oc4cccc5ccc[n+]3c45)cc2)cc1.c1ccc(-n2c3[n+](c4cccnc42)COc2ccccc2-3)cc1.c1ccc(-n2c3[n+](c4cccnc42)COc2ccccc2-3)cc1.c1ccc([Si](OC2Oc3cccc4ncc[n+]2c34)(c2ccccc2)c2ccccc2)cc1.c1ccc2c(c1)OC[n+]1c-2n(-c2ccc3cccnc3c2)c2ncccc21. The topological polar surface area (TPSA) is 163 Å². The lowest BCUT2D eigenvalue weighted by molar-refractivity contribution is -0.756. The summed E-state index contributed by atoms with van der Waals surface area (Å²) < 4.78 is 60.7. The maximum Gasteiger partial charge on any atom is 0.468 e. The van der Waals surface area contributed by atoms with Gasteiger partial charge in [0.1, 0.15) is 62.3 Å². The minimum absolute atomic E-state index is 0.466. The summed E-state index contributed by atoms with van der Waals surface area (Å²) in [5.74, 6) is 8.41. The molecule has 5 aliphatic heterocycles. The molecule has 0 bridgehead atoms. The van der Waals surface area contributed by atoms with Crippen LogP contribution in [0.4, 0.5) is 0 Å². The van der Waals surface area contributed by atoms with E-state index in [9.17, 15) is 0 Å². The maximum atomic E-state index is 7.18. The average molecular weight is 1710 g/mol. The molecule has 622 valence electrons. The molecule has 0 N–H and O–H groups in total. The molecule has 27 rings (SSSR count). The van der Waals surface area contributed by atoms with Gasteiger partial charge in [0.05, 0.1) is 17.1 Å². The van der Waals surface area contributed by atoms with Crippen molar-refractivity contribution in [2.75, 3.05) is 0 Å². The van der Waals surface area contributed by atoms with Gasteiger partial charge in [-0.1, -0.05) is 224 Å². The molecule has 0 spiro atoms. The molecule has 0 aliphatic carbocycles. The number of hydrogen-bond acceptors (Lipinski definition) is 12. The van der Waals surface area contributed by atoms with Crippen molar-refractivity contribution in [2.24, 2.45) is 0 Å². The zero-order valence-corrected chi connectivity index (χ0v) is 71.0. The third-order valence-electron chi connectivity index (χ3n) is 23.9. The van der Waals surface area contributed by atoms with Crippen LogP contribution in [0, 0.1) is 0 Å². The van der Waals surface area contributed by atoms with E-state index in [0.717, 1.165) is 152 Å². The van der Waals surface area contributed by atoms with Gasteiger partial charge in [0.2, 0.25) is 31.7 Å². The molecule has 2 unspecified atom stereocenters. The molecule has 0 radical (unpaired) electrons. The molecule has 21 heteroatoms. The summed E-state index contributed by atoms with van der Waals surface area (Å²) in [6.45, 7) is 1.45. The van der Waals surface area contributed by atoms with E-state index in [0.29, 0.717) is 20.2 Å². The molecule has 20 nitrogen and oxygen atoms in total. The van der Waals surface area contributed by atoms with Crippen LogP contribution in [0.2, 0.25) is 0 Å². The van der Waals surface area contributed by atoms with E-state index < -0.39 is 21.1 Å². The van der Waals surface area contributed by atoms with Crippen LogP contribution in [0.1, 0.15) is 12.8 Å². The molecule has 9 aromatic heterocycles. The molecule has 5 aliphatic rings. The molecule has 13 aromatic carbocycles. The Bertz CT molecular complexity index is 7700. The summed E-state index contributed by atoms with van der Waals surface area (Å²) in [6.07, 6.45) is 12.0. The highest BCUT2D eigenvalue weighted by atomic mass is 28.4. The van der Waals surface area contributed by atoms with E-state index in [4.69, 9.17) is 32.8 Å². The van der Waals surface area contributed by atoms with Crippen LogP contribution in [0.5, 0.6) is 34.5 Å². The minimum Gasteiger partial charge on any atom is -0.453 e. The Labute approximate surface area is 747 Å². The van der Waals surface area contributed by atoms with Gasteiger partial charge in [-0.3, -0.25) is 4.98 Å². The Morgan fingerprint density at radius 2 is 0.692 bits per heavy atom. The number of nitrogens with zero attached hydrogens (tertiary/aromatic N) is 13. The van der Waals surface area contributed by atoms with E-state index in [1.54, 1.807) is 6.20 Å². The van der Waals surface area contributed by atoms with E-state index in [2.05, 4.69) is 246 Å². The Morgan fingerprint density at radius 1 is 0.292 bits per heavy atom. The summed E-state index contributed by atoms with van der Waals surface area (Å²) in [5, 5.41) is 5.77. The molecule has 22 aromatic rings. The molecule has 0 amide bonds. The number of rotatable bonds is 11. The van der Waals surface area contributed by atoms with Crippen molar-refractivity contribution in [3.05, 3.63) is 438 Å². The second kappa shape index (κ2) is 33.7. The fourth-order valence-corrected chi connectivity index (χ4v) is 22.0. The van der Waals surface area contributed by atoms with Gasteiger partial charge >= 0.3 is 38.6 Å². The van der Waals surface area contributed by atoms with Crippen LogP contribution in [-0.2, 0) is 24.6 Å². The lowest BCUT2D eigenvalue weighted by Gasteiger charge is -2.33. The number of aromatic nitrogens is 13. The molecule has 14 heterocycles. The lowest BCUT2D eigenvalue weighted by Crippen LogP contribution is -2.71. The predicted octanol–water partition coefficient (Wildman–Crippen LogP) is 18.3. The number of pyridine rings is 5. The van der Waals surface area contributed by atoms with Crippen molar-refractivity contribution in [3.8, 4) is 96.8 Å². The first-order valence-electron chi connectivity index (χ1n) is 43.0. The van der Waals surface area contributed by atoms with Crippen molar-refractivity contribution in [2.45, 2.75) is 33.0 Å². The smallest absolute Gasteiger partial charge is 0.453 e. The van der Waals surface area contributed by atoms with Crippen LogP contribution in [0.15, 0.2) is 438 Å². The van der Waals surface area contributed by atoms with Crippen molar-refractivity contribution in [1.82, 2.24) is 38.6 Å². The standard InChI is InChI=1S/C27H21N2O2Si.C22H15N4O.C22H16NO2.2C19H14N3O/c1-4-11-21(12-5-1)32(22-13-6-2-7-14-22,23-15-8-3-9-16-23)31-27-29-20-19-28-24-17-10-18-25(30-27)26(24)29;1-2-8-20-17(6-1)22-25(14-27-20)19-7-4-12-24-21(19)26(22)16-10-9-15-5-3-11-23-18(15)13-16;1-2-6-16(7-3-1)17-11-13-19(14-12-17)24-22-23-15-5-9-18-8-4-10-20(25-22)21(18)23;2*1-2-7-14(8-3-1)22-18-16(10-6-12-20-18)21-13-23-17-11-5-4-9-15(17)19(21)22/h1-20,27H;1-13H,14H2;1-15,22H;2*1-12H,13H2/q5*+1. The fourth-order valence-electron chi connectivity index (χ4n) is 18.1. The Morgan fingerprint density at radius 3 is 1.22 bits per heavy atom. The number of imidazole rings is 3. The van der Waals surface area contributed by atoms with Gasteiger partial charge in [-0.15, -0.1) is 9.13 Å². The van der Waals surface area contributed by atoms with Gasteiger partial charge < -0.3 is 32.8 Å². The number of fused-ring (bicyclic) bond motifs is 16. The van der Waals surface area contributed by atoms with E-state index >= 15 is 0 Å². The van der Waals surface area contributed by atoms with Crippen LogP contribution in [0.3, 0.4) is 0 Å². The first kappa shape index (κ1) is 77.6. The van der Waals surface area contributed by atoms with Crippen LogP contribution in [-0.4, -0.2) is 46.9 Å². The molecule has 0 fully saturated rings. The highest BCUT2D eigenvalue weighted by molar-refractivity contribution is 7.07. The predicted molar refractivity (Wildman–Crippen MR) is 500 cm³/mol. The van der Waals surface area contributed by atoms with Gasteiger partial charge in [-0.05, 0) is 184 Å². The first-order chi connectivity index (χ1) is 64.5. The van der Waals surface area contributed by atoms with Gasteiger partial charge in [0, 0.05) is 42.3 Å². The zero-order valence-electron chi connectivity index (χ0n) is 70.0. The summed E-state index contributed by atoms with van der Waals surface area (Å²) in [4.78, 5) is 23.0. The Balaban J connectivity index is 0.0000000930. The van der Waals surface area contributed by atoms with Gasteiger partial charge in [0.25, 0.3) is 28.0 Å². The second-order valence-electron chi connectivity index (χ2n) is 31.5. The summed E-state index contributed by atoms with van der Waals surface area (Å²) in [5.41, 5.74) is 18.7. The lowest BCUT2D eigenvalue weighted by atomic mass is 10.1. The molecule has 0 saturated heterocycles. The van der Waals surface area contributed by atoms with Crippen LogP contribution >= 0.6 is 0 Å². The monoisotopic (exact) mass is 1710 g/mol. The molecular formula is C109H80N13O7Si+5. The van der Waals surface area contributed by atoms with E-state index in [-0.39, 0.29) is 0 Å². The molecular weight excluding hydrogens is 1630 g/mol. The number of ether oxygens (including phenoxy) is 6. The highest BCUT2D eigenvalue weighted by Gasteiger charge is 2.50. The number of para-hydroxylation sites is 7. The van der Waals surface area contributed by atoms with Gasteiger partial charge in [-0.2, -0.15) is 27.4 Å². The van der Waals surface area contributed by atoms with Gasteiger partial charge in [0.15, 0.2) is 28.9 Å². The third-order valence-corrected chi connectivity index (χ3v) is 27.9. The number of benzene rings is 13. The Hall–Kier alpha value is -17.1. The maximum absolute atomic E-state index is 7.18. The van der Waals surface area contributed by atoms with E-state index in [1.807, 2.05) is 247 Å². The highest BCUT2D eigenvalue weighted by Crippen LogP contribution is 2.41. The fraction of sp³-hybridized carbons (Fsp3) is 0.0459. The molecule has 2 atom stereocenters. The summed E-state index contributed by atoms with van der Waals surface area (Å²) >= 11 is 0. The largest absolute Gasteiger partial charge is 0.468 e. The van der Waals surface area contributed by atoms with Crippen molar-refractivity contribution < 1.29 is 55.7 Å². The summed E-state index contributed by atoms with van der Waals surface area (Å²) in [6, 6.07) is 134. The minimum atomic E-state index is -2.91. The number of hydrogen-bond donors (Lipinski definition) is 0. The normalized spacial score (nSPS) is 13.6. The summed E-state index contributed by atoms with van der Waals surface area (Å²) in [7, 11) is -2.91. The third kappa shape index (κ3) is 14.0. The average Bonchev–Trinajstić information content (AvgIpc) is 1.51. The zero-order chi connectivity index (χ0) is 86.3. The Kier molecular flexibility index (Phi) is 20.1. The van der Waals surface area contributed by atoms with Crippen molar-refractivity contribution >= 4 is 90.2 Å². The van der Waals surface area contributed by atoms with Crippen molar-refractivity contribution in [1.29, 1.82) is 0 Å². The second-order valence-corrected chi connectivity index (χ2v) is 34.8. The van der Waals surface area contributed by atoms with Crippen LogP contribution in [0.25, 0.3) is 129 Å². The van der Waals surface area contributed by atoms with Crippen molar-refractivity contribution in [3.63, 3.8) is 0 Å². The van der Waals surface area contributed by atoms with Crippen LogP contribution < -0.4 is 66.8 Å². The molecule has 130 heavy (non-hydrogen) atoms. The quantitative estimate of drug-likeness (QED) is 0.0685. The van der Waals surface area contributed by atoms with E-state index in [1.165, 1.54) is 26.7 Å². The molecule has 0 saturated carbocycles.